The molecule has 2 atom stereocenters. The molecule has 3 aliphatic rings. The van der Waals surface area contributed by atoms with Gasteiger partial charge in [0.1, 0.15) is 17.1 Å². The Bertz CT molecular complexity index is 798. The van der Waals surface area contributed by atoms with Gasteiger partial charge in [0, 0.05) is 19.6 Å². The summed E-state index contributed by atoms with van der Waals surface area (Å²) < 4.78 is 19.9. The summed E-state index contributed by atoms with van der Waals surface area (Å²) in [4.78, 5) is 30.7. The maximum Gasteiger partial charge on any atom is 0.260 e. The maximum atomic E-state index is 14.6. The minimum absolute atomic E-state index is 0.0441. The average Bonchev–Trinajstić information content (AvgIpc) is 3.55. The minimum Gasteiger partial charge on any atom is -0.496 e. The van der Waals surface area contributed by atoms with Crippen LogP contribution >= 0.6 is 0 Å². The summed E-state index contributed by atoms with van der Waals surface area (Å²) in [6, 6.07) is 4.14. The standard InChI is InChI=1S/C22H30FN3O3/c1-25-12-10-22(21(28)24-13-15-7-8-15)9-4-11-26(18(22)14-25)20(27)19-16(23)5-3-6-17(19)29-2/h3,5-6,15,18H,4,7-14H2,1-2H3,(H,24,28)/t18-,22+/m0/s1. The lowest BCUT2D eigenvalue weighted by atomic mass is 9.67. The fourth-order valence-corrected chi connectivity index (χ4v) is 4.91. The van der Waals surface area contributed by atoms with Crippen molar-refractivity contribution in [2.45, 2.75) is 38.1 Å². The number of benzene rings is 1. The van der Waals surface area contributed by atoms with Gasteiger partial charge in [-0.2, -0.15) is 0 Å². The van der Waals surface area contributed by atoms with E-state index in [1.54, 1.807) is 11.0 Å². The highest BCUT2D eigenvalue weighted by atomic mass is 19.1. The van der Waals surface area contributed by atoms with Crippen molar-refractivity contribution in [3.8, 4) is 5.75 Å². The van der Waals surface area contributed by atoms with Gasteiger partial charge in [-0.1, -0.05) is 6.07 Å². The van der Waals surface area contributed by atoms with Crippen molar-refractivity contribution >= 4 is 11.8 Å². The molecule has 1 aliphatic carbocycles. The number of halogens is 1. The number of piperidine rings is 2. The molecule has 6 nitrogen and oxygen atoms in total. The topological polar surface area (TPSA) is 61.9 Å². The number of carbonyl (C=O) groups is 2. The molecule has 1 saturated carbocycles. The highest BCUT2D eigenvalue weighted by Gasteiger charge is 2.53. The molecule has 1 aromatic carbocycles. The van der Waals surface area contributed by atoms with Crippen LogP contribution in [0.1, 0.15) is 42.5 Å². The summed E-state index contributed by atoms with van der Waals surface area (Å²) in [5.74, 6) is -0.0923. The summed E-state index contributed by atoms with van der Waals surface area (Å²) in [7, 11) is 3.44. The molecule has 158 valence electrons. The number of fused-ring (bicyclic) bond motifs is 1. The van der Waals surface area contributed by atoms with Crippen LogP contribution < -0.4 is 10.1 Å². The fourth-order valence-electron chi connectivity index (χ4n) is 4.91. The second kappa shape index (κ2) is 7.94. The Kier molecular flexibility index (Phi) is 5.51. The summed E-state index contributed by atoms with van der Waals surface area (Å²) in [5.41, 5.74) is -0.647. The lowest BCUT2D eigenvalue weighted by Crippen LogP contribution is -2.66. The summed E-state index contributed by atoms with van der Waals surface area (Å²) >= 11 is 0. The minimum atomic E-state index is -0.603. The van der Waals surface area contributed by atoms with Gasteiger partial charge in [0.25, 0.3) is 5.91 Å². The van der Waals surface area contributed by atoms with Crippen molar-refractivity contribution in [2.24, 2.45) is 11.3 Å². The first kappa shape index (κ1) is 20.1. The van der Waals surface area contributed by atoms with E-state index in [-0.39, 0.29) is 29.2 Å². The number of likely N-dealkylation sites (tertiary alicyclic amines) is 2. The van der Waals surface area contributed by atoms with Gasteiger partial charge in [-0.3, -0.25) is 9.59 Å². The summed E-state index contributed by atoms with van der Waals surface area (Å²) in [6.45, 7) is 2.67. The Balaban J connectivity index is 1.65. The predicted molar refractivity (Wildman–Crippen MR) is 107 cm³/mol. The number of likely N-dealkylation sites (N-methyl/N-ethyl adjacent to an activating group) is 1. The normalized spacial score (nSPS) is 27.3. The third-order valence-corrected chi connectivity index (χ3v) is 6.83. The van der Waals surface area contributed by atoms with Crippen LogP contribution in [0, 0.1) is 17.2 Å². The van der Waals surface area contributed by atoms with E-state index in [1.165, 1.54) is 32.1 Å². The fraction of sp³-hybridized carbons (Fsp3) is 0.636. The zero-order valence-corrected chi connectivity index (χ0v) is 17.2. The Morgan fingerprint density at radius 2 is 2.07 bits per heavy atom. The van der Waals surface area contributed by atoms with E-state index >= 15 is 0 Å². The van der Waals surface area contributed by atoms with Crippen LogP contribution in [0.15, 0.2) is 18.2 Å². The van der Waals surface area contributed by atoms with Crippen LogP contribution in [0.3, 0.4) is 0 Å². The van der Waals surface area contributed by atoms with Gasteiger partial charge >= 0.3 is 0 Å². The van der Waals surface area contributed by atoms with Crippen LogP contribution in [0.5, 0.6) is 5.75 Å². The number of nitrogens with one attached hydrogen (secondary N) is 1. The molecule has 1 N–H and O–H groups in total. The number of nitrogens with zero attached hydrogens (tertiary/aromatic N) is 2. The lowest BCUT2D eigenvalue weighted by molar-refractivity contribution is -0.142. The Morgan fingerprint density at radius 3 is 2.79 bits per heavy atom. The zero-order valence-electron chi connectivity index (χ0n) is 17.2. The molecule has 0 bridgehead atoms. The quantitative estimate of drug-likeness (QED) is 0.820. The smallest absolute Gasteiger partial charge is 0.260 e. The van der Waals surface area contributed by atoms with Crippen LogP contribution in [0.25, 0.3) is 0 Å². The number of methoxy groups -OCH3 is 1. The molecule has 2 amide bonds. The first-order valence-electron chi connectivity index (χ1n) is 10.6. The summed E-state index contributed by atoms with van der Waals surface area (Å²) in [6.07, 6.45) is 4.57. The SMILES string of the molecule is COc1cccc(F)c1C(=O)N1CCC[C@@]2(C(=O)NCC3CC3)CCN(C)C[C@H]12. The van der Waals surface area contributed by atoms with E-state index in [4.69, 9.17) is 4.74 Å². The first-order valence-corrected chi connectivity index (χ1v) is 10.6. The number of rotatable bonds is 5. The van der Waals surface area contributed by atoms with Crippen LogP contribution in [0.4, 0.5) is 4.39 Å². The molecule has 29 heavy (non-hydrogen) atoms. The van der Waals surface area contributed by atoms with E-state index in [0.717, 1.165) is 25.9 Å². The molecular weight excluding hydrogens is 373 g/mol. The second-order valence-corrected chi connectivity index (χ2v) is 8.76. The Morgan fingerprint density at radius 1 is 1.28 bits per heavy atom. The largest absolute Gasteiger partial charge is 0.496 e. The number of ether oxygens (including phenoxy) is 1. The molecule has 4 rings (SSSR count). The highest BCUT2D eigenvalue weighted by Crippen LogP contribution is 2.44. The summed E-state index contributed by atoms with van der Waals surface area (Å²) in [5, 5.41) is 3.16. The molecule has 0 unspecified atom stereocenters. The second-order valence-electron chi connectivity index (χ2n) is 8.76. The molecule has 2 heterocycles. The van der Waals surface area contributed by atoms with Gasteiger partial charge in [-0.05, 0) is 63.7 Å². The number of amides is 2. The molecule has 7 heteroatoms. The molecule has 0 spiro atoms. The molecule has 2 aliphatic heterocycles. The van der Waals surface area contributed by atoms with Gasteiger partial charge in [0.05, 0.1) is 18.6 Å². The molecule has 3 fully saturated rings. The van der Waals surface area contributed by atoms with Gasteiger partial charge in [-0.25, -0.2) is 4.39 Å². The van der Waals surface area contributed by atoms with E-state index in [0.29, 0.717) is 25.4 Å². The van der Waals surface area contributed by atoms with Crippen molar-refractivity contribution in [1.29, 1.82) is 0 Å². The molecule has 2 saturated heterocycles. The van der Waals surface area contributed by atoms with Gasteiger partial charge in [0.15, 0.2) is 0 Å². The van der Waals surface area contributed by atoms with Gasteiger partial charge < -0.3 is 19.9 Å². The van der Waals surface area contributed by atoms with Gasteiger partial charge in [0.2, 0.25) is 5.91 Å². The first-order chi connectivity index (χ1) is 14.0. The Labute approximate surface area is 171 Å². The van der Waals surface area contributed by atoms with Crippen molar-refractivity contribution < 1.29 is 18.7 Å². The highest BCUT2D eigenvalue weighted by molar-refractivity contribution is 5.98. The number of carbonyl (C=O) groups excluding carboxylic acids is 2. The van der Waals surface area contributed by atoms with Crippen LogP contribution in [-0.4, -0.2) is 68.0 Å². The number of hydrogen-bond donors (Lipinski definition) is 1. The zero-order chi connectivity index (χ0) is 20.6. The van der Waals surface area contributed by atoms with Crippen LogP contribution in [-0.2, 0) is 4.79 Å². The average molecular weight is 403 g/mol. The lowest BCUT2D eigenvalue weighted by Gasteiger charge is -2.53. The number of hydrogen-bond acceptors (Lipinski definition) is 4. The third kappa shape index (κ3) is 3.72. The van der Waals surface area contributed by atoms with Crippen LogP contribution in [0.2, 0.25) is 0 Å². The monoisotopic (exact) mass is 403 g/mol. The van der Waals surface area contributed by atoms with E-state index in [2.05, 4.69) is 10.2 Å². The molecule has 0 aromatic heterocycles. The maximum absolute atomic E-state index is 14.6. The van der Waals surface area contributed by atoms with Crippen molar-refractivity contribution in [2.75, 3.05) is 40.3 Å². The molecular formula is C22H30FN3O3. The van der Waals surface area contributed by atoms with Crippen molar-refractivity contribution in [3.05, 3.63) is 29.6 Å². The third-order valence-electron chi connectivity index (χ3n) is 6.83. The van der Waals surface area contributed by atoms with Crippen molar-refractivity contribution in [1.82, 2.24) is 15.1 Å². The predicted octanol–water partition coefficient (Wildman–Crippen LogP) is 2.29. The molecule has 1 aromatic rings. The Hall–Kier alpha value is -2.15. The molecule has 0 radical (unpaired) electrons. The van der Waals surface area contributed by atoms with Gasteiger partial charge in [-0.15, -0.1) is 0 Å². The van der Waals surface area contributed by atoms with E-state index < -0.39 is 11.2 Å². The van der Waals surface area contributed by atoms with E-state index in [9.17, 15) is 14.0 Å². The van der Waals surface area contributed by atoms with Crippen molar-refractivity contribution in [3.63, 3.8) is 0 Å². The van der Waals surface area contributed by atoms with E-state index in [1.807, 2.05) is 7.05 Å².